The molecule has 0 saturated carbocycles. The van der Waals surface area contributed by atoms with Gasteiger partial charge in [0.25, 0.3) is 0 Å². The molecular formula is C6H16NO3PS2. The van der Waals surface area contributed by atoms with Gasteiger partial charge in [-0.05, 0) is 18.1 Å². The smallest absolute Gasteiger partial charge is 0.246 e. The van der Waals surface area contributed by atoms with Gasteiger partial charge in [-0.3, -0.25) is 4.79 Å². The Labute approximate surface area is 88.9 Å². The standard InChI is InChI=1S/C3H7NO.C3H9O2PS2/c1-4(2)3-5;1-4-6(7,5-2)8-3/h3H,1-2H3;1-3H3. The molecule has 0 fully saturated rings. The van der Waals surface area contributed by atoms with E-state index in [0.717, 1.165) is 6.41 Å². The maximum Gasteiger partial charge on any atom is 0.246 e. The molecule has 0 spiro atoms. The fourth-order valence-corrected chi connectivity index (χ4v) is 1.57. The monoisotopic (exact) mass is 245 g/mol. The zero-order valence-electron chi connectivity index (χ0n) is 8.51. The molecule has 0 saturated heterocycles. The van der Waals surface area contributed by atoms with Gasteiger partial charge in [0.15, 0.2) is 0 Å². The van der Waals surface area contributed by atoms with Crippen LogP contribution in [0.4, 0.5) is 0 Å². The second kappa shape index (κ2) is 8.97. The summed E-state index contributed by atoms with van der Waals surface area (Å²) in [4.78, 5) is 10.9. The van der Waals surface area contributed by atoms with Crippen LogP contribution in [0.2, 0.25) is 0 Å². The normalized spacial score (nSPS) is 9.92. The van der Waals surface area contributed by atoms with Crippen LogP contribution >= 0.6 is 17.1 Å². The van der Waals surface area contributed by atoms with Crippen LogP contribution in [0.1, 0.15) is 0 Å². The van der Waals surface area contributed by atoms with Crippen molar-refractivity contribution in [3.63, 3.8) is 0 Å². The Morgan fingerprint density at radius 3 is 1.69 bits per heavy atom. The SMILES string of the molecule is CN(C)C=O.COP(=S)(OC)SC. The molecular weight excluding hydrogens is 229 g/mol. The Hall–Kier alpha value is 0.390. The van der Waals surface area contributed by atoms with Crippen LogP contribution in [0, 0.1) is 0 Å². The van der Waals surface area contributed by atoms with Gasteiger partial charge in [-0.25, -0.2) is 0 Å². The lowest BCUT2D eigenvalue weighted by molar-refractivity contribution is -0.115. The van der Waals surface area contributed by atoms with Crippen molar-refractivity contribution in [1.29, 1.82) is 0 Å². The first-order chi connectivity index (χ1) is 5.95. The molecule has 0 atom stereocenters. The lowest BCUT2D eigenvalue weighted by atomic mass is 11.0. The molecule has 0 aromatic carbocycles. The number of nitrogens with zero attached hydrogens (tertiary/aromatic N) is 1. The molecule has 4 nitrogen and oxygen atoms in total. The summed E-state index contributed by atoms with van der Waals surface area (Å²) in [6, 6.07) is 0. The van der Waals surface area contributed by atoms with Crippen molar-refractivity contribution in [3.8, 4) is 0 Å². The van der Waals surface area contributed by atoms with Crippen molar-refractivity contribution in [2.75, 3.05) is 34.6 Å². The van der Waals surface area contributed by atoms with Crippen molar-refractivity contribution in [3.05, 3.63) is 0 Å². The minimum atomic E-state index is -1.91. The highest BCUT2D eigenvalue weighted by atomic mass is 32.9. The van der Waals surface area contributed by atoms with Gasteiger partial charge in [-0.1, -0.05) is 11.4 Å². The van der Waals surface area contributed by atoms with Crippen LogP contribution in [0.3, 0.4) is 0 Å². The third kappa shape index (κ3) is 10.3. The molecule has 0 aromatic rings. The molecule has 0 aliphatic carbocycles. The predicted octanol–water partition coefficient (Wildman–Crippen LogP) is 1.57. The van der Waals surface area contributed by atoms with E-state index in [1.54, 1.807) is 28.3 Å². The molecule has 0 radical (unpaired) electrons. The van der Waals surface area contributed by atoms with Crippen molar-refractivity contribution in [2.45, 2.75) is 0 Å². The van der Waals surface area contributed by atoms with Crippen molar-refractivity contribution >= 4 is 35.3 Å². The molecule has 1 amide bonds. The van der Waals surface area contributed by atoms with Crippen molar-refractivity contribution in [1.82, 2.24) is 4.90 Å². The Morgan fingerprint density at radius 2 is 1.69 bits per heavy atom. The summed E-state index contributed by atoms with van der Waals surface area (Å²) >= 11 is 6.39. The average Bonchev–Trinajstić information content (AvgIpc) is 2.17. The van der Waals surface area contributed by atoms with Gasteiger partial charge >= 0.3 is 0 Å². The van der Waals surface area contributed by atoms with Gasteiger partial charge in [0, 0.05) is 28.3 Å². The first-order valence-electron chi connectivity index (χ1n) is 3.34. The Bertz CT molecular complexity index is 158. The van der Waals surface area contributed by atoms with E-state index in [2.05, 4.69) is 0 Å². The molecule has 0 rings (SSSR count). The average molecular weight is 245 g/mol. The molecule has 0 heterocycles. The minimum Gasteiger partial charge on any atom is -0.351 e. The highest BCUT2D eigenvalue weighted by Gasteiger charge is 2.10. The van der Waals surface area contributed by atoms with Crippen molar-refractivity contribution < 1.29 is 13.8 Å². The molecule has 80 valence electrons. The number of rotatable bonds is 4. The number of hydrogen-bond donors (Lipinski definition) is 0. The van der Waals surface area contributed by atoms with E-state index in [4.69, 9.17) is 20.9 Å². The first-order valence-corrected chi connectivity index (χ1v) is 7.81. The summed E-state index contributed by atoms with van der Waals surface area (Å²) in [5, 5.41) is 0. The molecule has 0 aliphatic heterocycles. The molecule has 0 aromatic heterocycles. The zero-order chi connectivity index (χ0) is 10.9. The molecule has 13 heavy (non-hydrogen) atoms. The van der Waals surface area contributed by atoms with Gasteiger partial charge in [0.2, 0.25) is 12.1 Å². The lowest BCUT2D eigenvalue weighted by Gasteiger charge is -2.12. The van der Waals surface area contributed by atoms with Crippen LogP contribution in [-0.4, -0.2) is 45.9 Å². The van der Waals surface area contributed by atoms with Gasteiger partial charge in [0.05, 0.1) is 0 Å². The summed E-state index contributed by atoms with van der Waals surface area (Å²) in [5.74, 6) is 0. The van der Waals surface area contributed by atoms with Crippen LogP contribution in [0.15, 0.2) is 0 Å². The van der Waals surface area contributed by atoms with E-state index in [1.807, 2.05) is 6.26 Å². The maximum absolute atomic E-state index is 9.43. The first kappa shape index (κ1) is 15.8. The quantitative estimate of drug-likeness (QED) is 0.555. The molecule has 0 aliphatic rings. The Kier molecular flexibility index (Phi) is 10.9. The largest absolute Gasteiger partial charge is 0.351 e. The van der Waals surface area contributed by atoms with Gasteiger partial charge < -0.3 is 13.9 Å². The summed E-state index contributed by atoms with van der Waals surface area (Å²) in [6.07, 6.45) is 2.63. The molecule has 0 unspecified atom stereocenters. The number of carbonyl (C=O) groups excluding carboxylic acids is 1. The topological polar surface area (TPSA) is 38.8 Å². The highest BCUT2D eigenvalue weighted by Crippen LogP contribution is 2.57. The maximum atomic E-state index is 9.43. The lowest BCUT2D eigenvalue weighted by Crippen LogP contribution is -2.06. The fraction of sp³-hybridized carbons (Fsp3) is 0.833. The van der Waals surface area contributed by atoms with Crippen LogP contribution in [0.5, 0.6) is 0 Å². The van der Waals surface area contributed by atoms with E-state index in [9.17, 15) is 4.79 Å². The van der Waals surface area contributed by atoms with Crippen LogP contribution < -0.4 is 0 Å². The third-order valence-corrected chi connectivity index (χ3v) is 6.70. The summed E-state index contributed by atoms with van der Waals surface area (Å²) in [7, 11) is 6.52. The molecule has 0 bridgehead atoms. The number of hydrogen-bond acceptors (Lipinski definition) is 5. The van der Waals surface area contributed by atoms with Gasteiger partial charge in [-0.2, -0.15) is 0 Å². The third-order valence-electron chi connectivity index (χ3n) is 0.882. The number of carbonyl (C=O) groups is 1. The summed E-state index contributed by atoms with van der Waals surface area (Å²) < 4.78 is 9.81. The van der Waals surface area contributed by atoms with E-state index < -0.39 is 5.69 Å². The van der Waals surface area contributed by atoms with Crippen LogP contribution in [0.25, 0.3) is 0 Å². The Balaban J connectivity index is 0. The Morgan fingerprint density at radius 1 is 1.38 bits per heavy atom. The zero-order valence-corrected chi connectivity index (χ0v) is 11.0. The van der Waals surface area contributed by atoms with E-state index in [-0.39, 0.29) is 0 Å². The van der Waals surface area contributed by atoms with Gasteiger partial charge in [0.1, 0.15) is 0 Å². The fourth-order valence-electron chi connectivity index (χ4n) is 0.224. The summed E-state index contributed by atoms with van der Waals surface area (Å²) in [5.41, 5.74) is -1.91. The minimum absolute atomic E-state index is 0.750. The number of amides is 1. The molecule has 0 N–H and O–H groups in total. The van der Waals surface area contributed by atoms with E-state index in [1.165, 1.54) is 16.3 Å². The van der Waals surface area contributed by atoms with Gasteiger partial charge in [-0.15, -0.1) is 0 Å². The van der Waals surface area contributed by atoms with Crippen LogP contribution in [-0.2, 0) is 25.6 Å². The molecule has 7 heteroatoms. The highest BCUT2D eigenvalue weighted by molar-refractivity contribution is 8.67. The predicted molar refractivity (Wildman–Crippen MR) is 61.6 cm³/mol. The second-order valence-corrected chi connectivity index (χ2v) is 8.73. The summed E-state index contributed by atoms with van der Waals surface area (Å²) in [6.45, 7) is 0. The van der Waals surface area contributed by atoms with E-state index >= 15 is 0 Å². The van der Waals surface area contributed by atoms with E-state index in [0.29, 0.717) is 0 Å². The van der Waals surface area contributed by atoms with Crippen molar-refractivity contribution in [2.24, 2.45) is 0 Å². The second-order valence-electron chi connectivity index (χ2n) is 2.06.